The zero-order chi connectivity index (χ0) is 17.4. The standard InChI is InChI=1S/C15H18N2O6/c1-4-5-6-15(19)23-9-14(18)16-11-8-13(22-3)12(17(20)21)7-10(11)2/h5-8H,4,9H2,1-3H3,(H,16,18)/b6-5+. The van der Waals surface area contributed by atoms with Crippen molar-refractivity contribution >= 4 is 23.3 Å². The second-order valence-corrected chi connectivity index (χ2v) is 4.56. The number of esters is 1. The van der Waals surface area contributed by atoms with Crippen molar-refractivity contribution in [2.24, 2.45) is 0 Å². The van der Waals surface area contributed by atoms with Gasteiger partial charge in [-0.25, -0.2) is 4.79 Å². The highest BCUT2D eigenvalue weighted by atomic mass is 16.6. The molecule has 0 fully saturated rings. The number of nitrogens with one attached hydrogen (secondary N) is 1. The number of allylic oxidation sites excluding steroid dienone is 1. The first-order valence-electron chi connectivity index (χ1n) is 6.85. The van der Waals surface area contributed by atoms with E-state index in [2.05, 4.69) is 5.32 Å². The van der Waals surface area contributed by atoms with E-state index in [1.165, 1.54) is 25.3 Å². The number of anilines is 1. The number of hydrogen-bond donors (Lipinski definition) is 1. The van der Waals surface area contributed by atoms with Crippen LogP contribution in [0.25, 0.3) is 0 Å². The fraction of sp³-hybridized carbons (Fsp3) is 0.333. The van der Waals surface area contributed by atoms with E-state index in [0.717, 1.165) is 0 Å². The highest BCUT2D eigenvalue weighted by Gasteiger charge is 2.18. The number of carbonyl (C=O) groups is 2. The normalized spacial score (nSPS) is 10.4. The van der Waals surface area contributed by atoms with Crippen LogP contribution in [0.4, 0.5) is 11.4 Å². The first-order chi connectivity index (χ1) is 10.9. The summed E-state index contributed by atoms with van der Waals surface area (Å²) in [5, 5.41) is 13.4. The molecule has 0 atom stereocenters. The average molecular weight is 322 g/mol. The van der Waals surface area contributed by atoms with E-state index >= 15 is 0 Å². The third-order valence-electron chi connectivity index (χ3n) is 2.83. The lowest BCUT2D eigenvalue weighted by molar-refractivity contribution is -0.385. The van der Waals surface area contributed by atoms with Gasteiger partial charge in [0.1, 0.15) is 0 Å². The number of hydrogen-bond acceptors (Lipinski definition) is 6. The molecular formula is C15H18N2O6. The molecule has 0 radical (unpaired) electrons. The van der Waals surface area contributed by atoms with Gasteiger partial charge in [-0.05, 0) is 18.9 Å². The summed E-state index contributed by atoms with van der Waals surface area (Å²) in [6.07, 6.45) is 3.54. The van der Waals surface area contributed by atoms with Gasteiger partial charge in [0.05, 0.1) is 12.0 Å². The fourth-order valence-corrected chi connectivity index (χ4v) is 1.70. The van der Waals surface area contributed by atoms with E-state index in [0.29, 0.717) is 17.7 Å². The van der Waals surface area contributed by atoms with Crippen molar-refractivity contribution in [3.63, 3.8) is 0 Å². The van der Waals surface area contributed by atoms with Gasteiger partial charge in [-0.2, -0.15) is 0 Å². The molecule has 1 rings (SSSR count). The Morgan fingerprint density at radius 1 is 1.39 bits per heavy atom. The Hall–Kier alpha value is -2.90. The molecule has 0 bridgehead atoms. The predicted octanol–water partition coefficient (Wildman–Crippen LogP) is 2.36. The molecular weight excluding hydrogens is 304 g/mol. The number of nitro groups is 1. The van der Waals surface area contributed by atoms with Crippen LogP contribution in [0.2, 0.25) is 0 Å². The van der Waals surface area contributed by atoms with Crippen LogP contribution in [-0.2, 0) is 14.3 Å². The maximum absolute atomic E-state index is 11.8. The summed E-state index contributed by atoms with van der Waals surface area (Å²) < 4.78 is 9.70. The molecule has 0 spiro atoms. The minimum atomic E-state index is -0.611. The second kappa shape index (κ2) is 8.52. The fourth-order valence-electron chi connectivity index (χ4n) is 1.70. The van der Waals surface area contributed by atoms with E-state index in [4.69, 9.17) is 9.47 Å². The smallest absolute Gasteiger partial charge is 0.330 e. The Labute approximate surface area is 133 Å². The van der Waals surface area contributed by atoms with Crippen molar-refractivity contribution in [1.82, 2.24) is 0 Å². The largest absolute Gasteiger partial charge is 0.490 e. The van der Waals surface area contributed by atoms with E-state index in [9.17, 15) is 19.7 Å². The molecule has 124 valence electrons. The highest BCUT2D eigenvalue weighted by molar-refractivity contribution is 5.94. The molecule has 0 aliphatic heterocycles. The number of nitro benzene ring substituents is 1. The summed E-state index contributed by atoms with van der Waals surface area (Å²) >= 11 is 0. The van der Waals surface area contributed by atoms with Crippen LogP contribution in [0.5, 0.6) is 5.75 Å². The van der Waals surface area contributed by atoms with Gasteiger partial charge < -0.3 is 14.8 Å². The average Bonchev–Trinajstić information content (AvgIpc) is 2.52. The number of nitrogens with zero attached hydrogens (tertiary/aromatic N) is 1. The molecule has 8 heteroatoms. The first kappa shape index (κ1) is 18.1. The maximum Gasteiger partial charge on any atom is 0.330 e. The number of amides is 1. The van der Waals surface area contributed by atoms with Gasteiger partial charge in [-0.15, -0.1) is 0 Å². The molecule has 0 aliphatic carbocycles. The van der Waals surface area contributed by atoms with Crippen LogP contribution < -0.4 is 10.1 Å². The molecule has 1 aromatic carbocycles. The molecule has 1 amide bonds. The van der Waals surface area contributed by atoms with Crippen LogP contribution in [0.15, 0.2) is 24.3 Å². The lowest BCUT2D eigenvalue weighted by atomic mass is 10.1. The topological polar surface area (TPSA) is 108 Å². The number of carbonyl (C=O) groups excluding carboxylic acids is 2. The van der Waals surface area contributed by atoms with Crippen LogP contribution in [0.1, 0.15) is 18.9 Å². The van der Waals surface area contributed by atoms with Crippen LogP contribution >= 0.6 is 0 Å². The quantitative estimate of drug-likeness (QED) is 0.357. The molecule has 0 unspecified atom stereocenters. The molecule has 0 saturated heterocycles. The molecule has 0 heterocycles. The van der Waals surface area contributed by atoms with E-state index in [1.54, 1.807) is 13.0 Å². The summed E-state index contributed by atoms with van der Waals surface area (Å²) in [5.41, 5.74) is 0.639. The molecule has 1 aromatic rings. The molecule has 0 aliphatic rings. The van der Waals surface area contributed by atoms with Crippen molar-refractivity contribution in [2.45, 2.75) is 20.3 Å². The Bertz CT molecular complexity index is 639. The van der Waals surface area contributed by atoms with Gasteiger partial charge in [0.25, 0.3) is 5.91 Å². The third kappa shape index (κ3) is 5.42. The number of rotatable bonds is 7. The minimum Gasteiger partial charge on any atom is -0.490 e. The van der Waals surface area contributed by atoms with Crippen molar-refractivity contribution in [3.8, 4) is 5.75 Å². The Kier molecular flexibility index (Phi) is 6.72. The van der Waals surface area contributed by atoms with E-state index < -0.39 is 23.4 Å². The van der Waals surface area contributed by atoms with Crippen LogP contribution in [0, 0.1) is 17.0 Å². The van der Waals surface area contributed by atoms with Gasteiger partial charge in [-0.1, -0.05) is 13.0 Å². The number of benzene rings is 1. The highest BCUT2D eigenvalue weighted by Crippen LogP contribution is 2.32. The summed E-state index contributed by atoms with van der Waals surface area (Å²) in [4.78, 5) is 33.4. The third-order valence-corrected chi connectivity index (χ3v) is 2.83. The Morgan fingerprint density at radius 2 is 2.09 bits per heavy atom. The zero-order valence-electron chi connectivity index (χ0n) is 13.1. The maximum atomic E-state index is 11.8. The molecule has 0 aromatic heterocycles. The Morgan fingerprint density at radius 3 is 2.65 bits per heavy atom. The summed E-state index contributed by atoms with van der Waals surface area (Å²) in [7, 11) is 1.30. The number of ether oxygens (including phenoxy) is 2. The van der Waals surface area contributed by atoms with Crippen molar-refractivity contribution in [2.75, 3.05) is 19.0 Å². The lowest BCUT2D eigenvalue weighted by Crippen LogP contribution is -2.20. The van der Waals surface area contributed by atoms with Gasteiger partial charge in [0.2, 0.25) is 0 Å². The SMILES string of the molecule is CC/C=C/C(=O)OCC(=O)Nc1cc(OC)c([N+](=O)[O-])cc1C. The van der Waals surface area contributed by atoms with Crippen molar-refractivity contribution in [1.29, 1.82) is 0 Å². The summed E-state index contributed by atoms with van der Waals surface area (Å²) in [5.74, 6) is -1.14. The molecule has 1 N–H and O–H groups in total. The zero-order valence-corrected chi connectivity index (χ0v) is 13.1. The second-order valence-electron chi connectivity index (χ2n) is 4.56. The van der Waals surface area contributed by atoms with E-state index in [1.807, 2.05) is 6.92 Å². The van der Waals surface area contributed by atoms with E-state index in [-0.39, 0.29) is 11.4 Å². The van der Waals surface area contributed by atoms with Gasteiger partial charge >= 0.3 is 11.7 Å². The van der Waals surface area contributed by atoms with Crippen LogP contribution in [0.3, 0.4) is 0 Å². The lowest BCUT2D eigenvalue weighted by Gasteiger charge is -2.10. The summed E-state index contributed by atoms with van der Waals surface area (Å²) in [6, 6.07) is 2.65. The summed E-state index contributed by atoms with van der Waals surface area (Å²) in [6.45, 7) is 3.02. The van der Waals surface area contributed by atoms with Gasteiger partial charge in [0.15, 0.2) is 12.4 Å². The first-order valence-corrected chi connectivity index (χ1v) is 6.85. The molecule has 23 heavy (non-hydrogen) atoms. The Balaban J connectivity index is 2.77. The predicted molar refractivity (Wildman–Crippen MR) is 83.4 cm³/mol. The van der Waals surface area contributed by atoms with Gasteiger partial charge in [0, 0.05) is 23.9 Å². The van der Waals surface area contributed by atoms with Crippen LogP contribution in [-0.4, -0.2) is 30.5 Å². The minimum absolute atomic E-state index is 0.0266. The molecule has 0 saturated carbocycles. The monoisotopic (exact) mass is 322 g/mol. The van der Waals surface area contributed by atoms with Gasteiger partial charge in [-0.3, -0.25) is 14.9 Å². The van der Waals surface area contributed by atoms with Crippen molar-refractivity contribution in [3.05, 3.63) is 40.0 Å². The molecule has 8 nitrogen and oxygen atoms in total. The number of methoxy groups -OCH3 is 1. The van der Waals surface area contributed by atoms with Crippen molar-refractivity contribution < 1.29 is 24.0 Å². The number of aryl methyl sites for hydroxylation is 1.